The third-order valence-corrected chi connectivity index (χ3v) is 5.87. The zero-order valence-corrected chi connectivity index (χ0v) is 17.1. The maximum absolute atomic E-state index is 5.91. The van der Waals surface area contributed by atoms with Crippen molar-refractivity contribution in [1.82, 2.24) is 25.6 Å². The normalized spacial score (nSPS) is 22.0. The number of nitrogens with zero attached hydrogens (tertiary/aromatic N) is 3. The highest BCUT2D eigenvalue weighted by molar-refractivity contribution is 5.88. The third-order valence-electron chi connectivity index (χ3n) is 5.87. The Morgan fingerprint density at radius 3 is 2.50 bits per heavy atom. The molecule has 0 radical (unpaired) electrons. The van der Waals surface area contributed by atoms with E-state index in [1.54, 1.807) is 0 Å². The van der Waals surface area contributed by atoms with Crippen molar-refractivity contribution < 1.29 is 0 Å². The monoisotopic (exact) mass is 401 g/mol. The first kappa shape index (κ1) is 19.0. The number of hydrogen-bond donors (Lipinski definition) is 4. The molecule has 5 N–H and O–H groups in total. The lowest BCUT2D eigenvalue weighted by atomic mass is 10.0. The first-order valence-electron chi connectivity index (χ1n) is 10.6. The highest BCUT2D eigenvalue weighted by Gasteiger charge is 2.21. The van der Waals surface area contributed by atoms with Crippen molar-refractivity contribution in [3.05, 3.63) is 60.2 Å². The van der Waals surface area contributed by atoms with Crippen molar-refractivity contribution in [2.45, 2.75) is 37.9 Å². The van der Waals surface area contributed by atoms with E-state index in [1.165, 1.54) is 12.0 Å². The van der Waals surface area contributed by atoms with Gasteiger partial charge in [0.05, 0.1) is 42.3 Å². The highest BCUT2D eigenvalue weighted by Crippen LogP contribution is 2.26. The molecule has 4 heterocycles. The minimum atomic E-state index is -0.0580. The summed E-state index contributed by atoms with van der Waals surface area (Å²) >= 11 is 0. The number of amidine groups is 1. The van der Waals surface area contributed by atoms with Gasteiger partial charge in [-0.05, 0) is 44.0 Å². The molecule has 7 nitrogen and oxygen atoms in total. The predicted molar refractivity (Wildman–Crippen MR) is 119 cm³/mol. The molecular formula is C23H27N7. The number of nitrogens with one attached hydrogen (secondary N) is 3. The van der Waals surface area contributed by atoms with Crippen LogP contribution in [0.1, 0.15) is 43.2 Å². The Labute approximate surface area is 176 Å². The van der Waals surface area contributed by atoms with Gasteiger partial charge < -0.3 is 21.4 Å². The number of aromatic amines is 1. The first-order chi connectivity index (χ1) is 14.7. The van der Waals surface area contributed by atoms with Gasteiger partial charge in [-0.25, -0.2) is 4.98 Å². The maximum Gasteiger partial charge on any atom is 0.123 e. The van der Waals surface area contributed by atoms with Crippen LogP contribution in [-0.2, 0) is 0 Å². The number of aliphatic imine (C=N–C) groups is 1. The number of imidazole rings is 1. The summed E-state index contributed by atoms with van der Waals surface area (Å²) in [6.07, 6.45) is 6.14. The van der Waals surface area contributed by atoms with Crippen molar-refractivity contribution in [2.75, 3.05) is 13.1 Å². The van der Waals surface area contributed by atoms with Gasteiger partial charge in [0, 0.05) is 17.3 Å². The van der Waals surface area contributed by atoms with E-state index >= 15 is 0 Å². The summed E-state index contributed by atoms with van der Waals surface area (Å²) in [5.74, 6) is 1.89. The molecule has 154 valence electrons. The zero-order valence-electron chi connectivity index (χ0n) is 17.1. The van der Waals surface area contributed by atoms with Crippen molar-refractivity contribution in [1.29, 1.82) is 0 Å². The van der Waals surface area contributed by atoms with E-state index in [-0.39, 0.29) is 12.1 Å². The van der Waals surface area contributed by atoms with Crippen LogP contribution in [0.3, 0.4) is 0 Å². The number of aromatic nitrogens is 3. The average molecular weight is 402 g/mol. The molecule has 0 spiro atoms. The van der Waals surface area contributed by atoms with Gasteiger partial charge in [-0.1, -0.05) is 24.3 Å². The molecular weight excluding hydrogens is 374 g/mol. The number of benzene rings is 1. The van der Waals surface area contributed by atoms with Crippen LogP contribution in [0.5, 0.6) is 0 Å². The van der Waals surface area contributed by atoms with E-state index in [2.05, 4.69) is 67.0 Å². The maximum atomic E-state index is 5.91. The van der Waals surface area contributed by atoms with Crippen LogP contribution in [-0.4, -0.2) is 39.9 Å². The quantitative estimate of drug-likeness (QED) is 0.526. The summed E-state index contributed by atoms with van der Waals surface area (Å²) in [6.45, 7) is 3.74. The van der Waals surface area contributed by atoms with Crippen molar-refractivity contribution in [3.63, 3.8) is 0 Å². The van der Waals surface area contributed by atoms with Gasteiger partial charge in [0.1, 0.15) is 11.7 Å². The Kier molecular flexibility index (Phi) is 5.06. The fourth-order valence-corrected chi connectivity index (χ4v) is 4.11. The smallest absolute Gasteiger partial charge is 0.123 e. The summed E-state index contributed by atoms with van der Waals surface area (Å²) in [5.41, 5.74) is 11.2. The van der Waals surface area contributed by atoms with Crippen LogP contribution >= 0.6 is 0 Å². The minimum Gasteiger partial charge on any atom is -0.364 e. The summed E-state index contributed by atoms with van der Waals surface area (Å²) in [7, 11) is 0. The van der Waals surface area contributed by atoms with Crippen molar-refractivity contribution in [2.24, 2.45) is 10.7 Å². The molecule has 1 aromatic carbocycles. The standard InChI is InChI=1S/C23H27N7/c1-14(24)22-27-12-20(29-22)16-6-4-15(5-7-16)18-9-8-17(11-26-18)21-13-28-23(30-21)19-3-2-10-25-19/h4-9,11,13-14,19-20,25H,2-3,10,12,24H2,1H3,(H,27,29)(H,28,30)/t14-,19-,20?/m0/s1. The number of rotatable bonds is 5. The van der Waals surface area contributed by atoms with Crippen molar-refractivity contribution >= 4 is 5.84 Å². The average Bonchev–Trinajstić information content (AvgIpc) is 3.55. The molecule has 2 aliphatic rings. The number of H-pyrrole nitrogens is 1. The van der Waals surface area contributed by atoms with Gasteiger partial charge in [0.25, 0.3) is 0 Å². The van der Waals surface area contributed by atoms with Gasteiger partial charge in [-0.3, -0.25) is 9.98 Å². The number of pyridine rings is 1. The molecule has 3 aromatic rings. The zero-order chi connectivity index (χ0) is 20.5. The topological polar surface area (TPSA) is 104 Å². The molecule has 0 saturated carbocycles. The first-order valence-corrected chi connectivity index (χ1v) is 10.6. The molecule has 1 fully saturated rings. The van der Waals surface area contributed by atoms with Gasteiger partial charge in [0.2, 0.25) is 0 Å². The van der Waals surface area contributed by atoms with E-state index < -0.39 is 0 Å². The molecule has 0 aliphatic carbocycles. The lowest BCUT2D eigenvalue weighted by molar-refractivity contribution is 0.613. The van der Waals surface area contributed by atoms with Crippen molar-refractivity contribution in [3.8, 4) is 22.5 Å². The summed E-state index contributed by atoms with van der Waals surface area (Å²) < 4.78 is 0. The molecule has 2 aromatic heterocycles. The Hall–Kier alpha value is -3.03. The second kappa shape index (κ2) is 8.01. The molecule has 7 heteroatoms. The summed E-state index contributed by atoms with van der Waals surface area (Å²) in [5, 5.41) is 6.88. The van der Waals surface area contributed by atoms with E-state index in [0.29, 0.717) is 6.04 Å². The predicted octanol–water partition coefficient (Wildman–Crippen LogP) is 2.95. The second-order valence-electron chi connectivity index (χ2n) is 8.10. The van der Waals surface area contributed by atoms with E-state index in [1.807, 2.05) is 19.3 Å². The minimum absolute atomic E-state index is 0.0580. The van der Waals surface area contributed by atoms with Crippen LogP contribution in [0.15, 0.2) is 53.8 Å². The van der Waals surface area contributed by atoms with E-state index in [4.69, 9.17) is 5.73 Å². The molecule has 2 aliphatic heterocycles. The number of hydrogen-bond acceptors (Lipinski definition) is 6. The Bertz CT molecular complexity index is 1030. The molecule has 30 heavy (non-hydrogen) atoms. The SMILES string of the molecule is C[C@H](N)C1=NCC(c2ccc(-c3ccc(-c4cnc([C@@H]5CCCN5)[nH]4)cn3)cc2)N1. The molecule has 0 amide bonds. The Morgan fingerprint density at radius 2 is 1.83 bits per heavy atom. The number of nitrogens with two attached hydrogens (primary N) is 1. The van der Waals surface area contributed by atoms with E-state index in [0.717, 1.165) is 53.7 Å². The second-order valence-corrected chi connectivity index (χ2v) is 8.10. The van der Waals surface area contributed by atoms with Gasteiger partial charge >= 0.3 is 0 Å². The molecule has 3 atom stereocenters. The van der Waals surface area contributed by atoms with Crippen LogP contribution in [0.25, 0.3) is 22.5 Å². The van der Waals surface area contributed by atoms with Crippen LogP contribution in [0.2, 0.25) is 0 Å². The Balaban J connectivity index is 1.28. The molecule has 1 unspecified atom stereocenters. The fourth-order valence-electron chi connectivity index (χ4n) is 4.11. The van der Waals surface area contributed by atoms with Gasteiger partial charge in [-0.15, -0.1) is 0 Å². The third kappa shape index (κ3) is 3.74. The fraction of sp³-hybridized carbons (Fsp3) is 0.348. The summed E-state index contributed by atoms with van der Waals surface area (Å²) in [4.78, 5) is 17.2. The summed E-state index contributed by atoms with van der Waals surface area (Å²) in [6, 6.07) is 13.1. The molecule has 5 rings (SSSR count). The molecule has 1 saturated heterocycles. The van der Waals surface area contributed by atoms with Crippen LogP contribution in [0, 0.1) is 0 Å². The lowest BCUT2D eigenvalue weighted by Gasteiger charge is -2.14. The molecule has 0 bridgehead atoms. The Morgan fingerprint density at radius 1 is 1.00 bits per heavy atom. The van der Waals surface area contributed by atoms with E-state index in [9.17, 15) is 0 Å². The lowest BCUT2D eigenvalue weighted by Crippen LogP contribution is -2.36. The van der Waals surface area contributed by atoms with Crippen LogP contribution < -0.4 is 16.4 Å². The van der Waals surface area contributed by atoms with Gasteiger partial charge in [0.15, 0.2) is 0 Å². The highest BCUT2D eigenvalue weighted by atomic mass is 15.1. The van der Waals surface area contributed by atoms with Gasteiger partial charge in [-0.2, -0.15) is 0 Å². The van der Waals surface area contributed by atoms with Crippen LogP contribution in [0.4, 0.5) is 0 Å². The largest absolute Gasteiger partial charge is 0.364 e.